The van der Waals surface area contributed by atoms with E-state index >= 15 is 0 Å². The number of likely N-dealkylation sites (tertiary alicyclic amines) is 1. The van der Waals surface area contributed by atoms with Crippen molar-refractivity contribution in [3.63, 3.8) is 0 Å². The molecule has 1 aromatic rings. The molecule has 1 aliphatic heterocycles. The Bertz CT molecular complexity index is 392. The molecule has 4 heteroatoms. The number of carbonyl (C=O) groups is 1. The largest absolute Gasteiger partial charge is 0.444 e. The summed E-state index contributed by atoms with van der Waals surface area (Å²) in [5, 5.41) is 0. The summed E-state index contributed by atoms with van der Waals surface area (Å²) >= 11 is 0. The van der Waals surface area contributed by atoms with Crippen LogP contribution in [0.4, 0.5) is 4.79 Å². The topological polar surface area (TPSA) is 45.3 Å². The molecule has 0 aromatic carbocycles. The molecule has 2 heterocycles. The van der Waals surface area contributed by atoms with Gasteiger partial charge in [-0.05, 0) is 45.7 Å². The van der Waals surface area contributed by atoms with Crippen LogP contribution < -0.4 is 0 Å². The lowest BCUT2D eigenvalue weighted by Gasteiger charge is -2.33. The van der Waals surface area contributed by atoms with Gasteiger partial charge in [-0.3, -0.25) is 0 Å². The minimum atomic E-state index is -0.420. The Kier molecular flexibility index (Phi) is 3.64. The number of hydrogen-bond donors (Lipinski definition) is 1. The monoisotopic (exact) mass is 250 g/mol. The van der Waals surface area contributed by atoms with Crippen molar-refractivity contribution in [3.8, 4) is 0 Å². The third-order valence-corrected chi connectivity index (χ3v) is 3.13. The number of hydrogen-bond acceptors (Lipinski definition) is 2. The number of H-pyrrole nitrogens is 1. The molecule has 2 rings (SSSR count). The van der Waals surface area contributed by atoms with E-state index in [-0.39, 0.29) is 6.09 Å². The zero-order valence-electron chi connectivity index (χ0n) is 11.4. The molecule has 1 aromatic heterocycles. The van der Waals surface area contributed by atoms with Gasteiger partial charge in [-0.25, -0.2) is 4.79 Å². The van der Waals surface area contributed by atoms with Crippen molar-refractivity contribution in [2.75, 3.05) is 13.1 Å². The molecule has 1 aliphatic rings. The number of nitrogens with zero attached hydrogens (tertiary/aromatic N) is 1. The lowest BCUT2D eigenvalue weighted by molar-refractivity contribution is 0.0197. The second-order valence-electron chi connectivity index (χ2n) is 5.89. The molecule has 1 N–H and O–H groups in total. The lowest BCUT2D eigenvalue weighted by Crippen LogP contribution is -2.42. The van der Waals surface area contributed by atoms with Crippen molar-refractivity contribution in [3.05, 3.63) is 24.0 Å². The Labute approximate surface area is 108 Å². The fourth-order valence-corrected chi connectivity index (χ4v) is 2.32. The molecule has 0 saturated carbocycles. The smallest absolute Gasteiger partial charge is 0.410 e. The maximum Gasteiger partial charge on any atom is 0.410 e. The summed E-state index contributed by atoms with van der Waals surface area (Å²) in [7, 11) is 0. The lowest BCUT2D eigenvalue weighted by atomic mass is 9.95. The molecule has 1 fully saturated rings. The third-order valence-electron chi connectivity index (χ3n) is 3.13. The highest BCUT2D eigenvalue weighted by Gasteiger charge is 2.28. The maximum absolute atomic E-state index is 12.0. The maximum atomic E-state index is 12.0. The number of aromatic nitrogens is 1. The minimum Gasteiger partial charge on any atom is -0.444 e. The first-order valence-electron chi connectivity index (χ1n) is 6.57. The van der Waals surface area contributed by atoms with E-state index in [0.717, 1.165) is 25.9 Å². The number of piperidine rings is 1. The van der Waals surface area contributed by atoms with Crippen molar-refractivity contribution < 1.29 is 9.53 Å². The first kappa shape index (κ1) is 13.0. The standard InChI is InChI=1S/C14H22N2O2/c1-14(2,3)18-13(17)16-9-5-6-11(10-16)12-7-4-8-15-12/h4,7-8,11,15H,5-6,9-10H2,1-3H3. The van der Waals surface area contributed by atoms with E-state index in [2.05, 4.69) is 11.1 Å². The van der Waals surface area contributed by atoms with Crippen LogP contribution in [0.3, 0.4) is 0 Å². The van der Waals surface area contributed by atoms with Crippen molar-refractivity contribution in [2.24, 2.45) is 0 Å². The second kappa shape index (κ2) is 5.04. The average Bonchev–Trinajstić information content (AvgIpc) is 2.80. The van der Waals surface area contributed by atoms with Gasteiger partial charge < -0.3 is 14.6 Å². The number of amides is 1. The van der Waals surface area contributed by atoms with Crippen LogP contribution in [0.15, 0.2) is 18.3 Å². The molecule has 0 radical (unpaired) electrons. The summed E-state index contributed by atoms with van der Waals surface area (Å²) in [5.41, 5.74) is 0.791. The Balaban J connectivity index is 1.96. The summed E-state index contributed by atoms with van der Waals surface area (Å²) in [6, 6.07) is 4.09. The van der Waals surface area contributed by atoms with Gasteiger partial charge in [0.1, 0.15) is 5.60 Å². The van der Waals surface area contributed by atoms with Crippen LogP contribution in [0.5, 0.6) is 0 Å². The fourth-order valence-electron chi connectivity index (χ4n) is 2.32. The van der Waals surface area contributed by atoms with E-state index in [1.807, 2.05) is 37.9 Å². The van der Waals surface area contributed by atoms with E-state index in [0.29, 0.717) is 5.92 Å². The number of ether oxygens (including phenoxy) is 1. The summed E-state index contributed by atoms with van der Waals surface area (Å²) < 4.78 is 5.42. The first-order valence-corrected chi connectivity index (χ1v) is 6.57. The summed E-state index contributed by atoms with van der Waals surface area (Å²) in [6.07, 6.45) is 3.89. The molecule has 1 amide bonds. The van der Waals surface area contributed by atoms with Crippen LogP contribution in [0.25, 0.3) is 0 Å². The van der Waals surface area contributed by atoms with Gasteiger partial charge in [-0.2, -0.15) is 0 Å². The third kappa shape index (κ3) is 3.28. The molecule has 100 valence electrons. The molecule has 4 nitrogen and oxygen atoms in total. The van der Waals surface area contributed by atoms with Crippen LogP contribution in [0.2, 0.25) is 0 Å². The highest BCUT2D eigenvalue weighted by atomic mass is 16.6. The molecule has 1 atom stereocenters. The molecule has 1 saturated heterocycles. The average molecular weight is 250 g/mol. The molecular formula is C14H22N2O2. The fraction of sp³-hybridized carbons (Fsp3) is 0.643. The quantitative estimate of drug-likeness (QED) is 0.832. The second-order valence-corrected chi connectivity index (χ2v) is 5.89. The van der Waals surface area contributed by atoms with Crippen molar-refractivity contribution in [1.82, 2.24) is 9.88 Å². The highest BCUT2D eigenvalue weighted by molar-refractivity contribution is 5.68. The number of carbonyl (C=O) groups excluding carboxylic acids is 1. The first-order chi connectivity index (χ1) is 8.46. The highest BCUT2D eigenvalue weighted by Crippen LogP contribution is 2.26. The zero-order chi connectivity index (χ0) is 13.2. The van der Waals surface area contributed by atoms with E-state index in [9.17, 15) is 4.79 Å². The van der Waals surface area contributed by atoms with Gasteiger partial charge in [0, 0.05) is 30.9 Å². The van der Waals surface area contributed by atoms with Gasteiger partial charge in [-0.15, -0.1) is 0 Å². The summed E-state index contributed by atoms with van der Waals surface area (Å²) in [4.78, 5) is 17.1. The Morgan fingerprint density at radius 1 is 1.50 bits per heavy atom. The molecular weight excluding hydrogens is 228 g/mol. The van der Waals surface area contributed by atoms with E-state index in [1.165, 1.54) is 5.69 Å². The van der Waals surface area contributed by atoms with Gasteiger partial charge >= 0.3 is 6.09 Å². The van der Waals surface area contributed by atoms with Crippen LogP contribution in [0, 0.1) is 0 Å². The zero-order valence-corrected chi connectivity index (χ0v) is 11.4. The molecule has 0 bridgehead atoms. The van der Waals surface area contributed by atoms with Gasteiger partial charge in [0.05, 0.1) is 0 Å². The predicted molar refractivity (Wildman–Crippen MR) is 70.6 cm³/mol. The van der Waals surface area contributed by atoms with Crippen molar-refractivity contribution >= 4 is 6.09 Å². The van der Waals surface area contributed by atoms with Crippen molar-refractivity contribution in [2.45, 2.75) is 45.1 Å². The van der Waals surface area contributed by atoms with Gasteiger partial charge in [0.15, 0.2) is 0 Å². The van der Waals surface area contributed by atoms with E-state index in [4.69, 9.17) is 4.74 Å². The number of rotatable bonds is 1. The Morgan fingerprint density at radius 2 is 2.28 bits per heavy atom. The van der Waals surface area contributed by atoms with E-state index in [1.54, 1.807) is 0 Å². The number of nitrogens with one attached hydrogen (secondary N) is 1. The molecule has 0 spiro atoms. The van der Waals surface area contributed by atoms with Crippen molar-refractivity contribution in [1.29, 1.82) is 0 Å². The summed E-state index contributed by atoms with van der Waals surface area (Å²) in [5.74, 6) is 0.404. The molecule has 1 unspecified atom stereocenters. The normalized spacial score (nSPS) is 20.8. The Hall–Kier alpha value is -1.45. The number of aromatic amines is 1. The molecule has 18 heavy (non-hydrogen) atoms. The predicted octanol–water partition coefficient (Wildman–Crippen LogP) is 3.13. The van der Waals surface area contributed by atoms with Crippen LogP contribution in [-0.4, -0.2) is 34.7 Å². The Morgan fingerprint density at radius 3 is 2.89 bits per heavy atom. The van der Waals surface area contributed by atoms with E-state index < -0.39 is 5.60 Å². The van der Waals surface area contributed by atoms with Crippen LogP contribution in [-0.2, 0) is 4.74 Å². The van der Waals surface area contributed by atoms with Gasteiger partial charge in [-0.1, -0.05) is 0 Å². The van der Waals surface area contributed by atoms with Gasteiger partial charge in [0.25, 0.3) is 0 Å². The summed E-state index contributed by atoms with van der Waals surface area (Å²) in [6.45, 7) is 7.24. The van der Waals surface area contributed by atoms with Gasteiger partial charge in [0.2, 0.25) is 0 Å². The van der Waals surface area contributed by atoms with Crippen LogP contribution in [0.1, 0.15) is 45.2 Å². The minimum absolute atomic E-state index is 0.196. The van der Waals surface area contributed by atoms with Crippen LogP contribution >= 0.6 is 0 Å². The SMILES string of the molecule is CC(C)(C)OC(=O)N1CCCC(c2ccc[nH]2)C1. The molecule has 0 aliphatic carbocycles.